The minimum atomic E-state index is -3.03. The summed E-state index contributed by atoms with van der Waals surface area (Å²) < 4.78 is 24.7. The summed E-state index contributed by atoms with van der Waals surface area (Å²) in [5.41, 5.74) is 2.04. The van der Waals surface area contributed by atoms with Crippen LogP contribution in [0.4, 0.5) is 0 Å². The van der Waals surface area contributed by atoms with Crippen LogP contribution in [-0.4, -0.2) is 57.3 Å². The summed E-state index contributed by atoms with van der Waals surface area (Å²) in [4.78, 5) is 12.4. The summed E-state index contributed by atoms with van der Waals surface area (Å²) in [6.07, 6.45) is 0.464. The van der Waals surface area contributed by atoms with Crippen molar-refractivity contribution in [3.63, 3.8) is 0 Å². The number of carbonyl (C=O) groups is 1. The first-order valence-electron chi connectivity index (χ1n) is 8.81. The molecule has 2 heterocycles. The van der Waals surface area contributed by atoms with Gasteiger partial charge in [-0.2, -0.15) is 4.68 Å². The zero-order valence-corrected chi connectivity index (χ0v) is 17.1. The molecule has 0 unspecified atom stereocenters. The van der Waals surface area contributed by atoms with Crippen LogP contribution in [0.25, 0.3) is 5.69 Å². The molecule has 0 bridgehead atoms. The fourth-order valence-corrected chi connectivity index (χ4v) is 5.34. The van der Waals surface area contributed by atoms with E-state index in [-0.39, 0.29) is 23.5 Å². The number of tetrazole rings is 1. The minimum absolute atomic E-state index is 0.00998. The van der Waals surface area contributed by atoms with E-state index in [1.165, 1.54) is 17.3 Å². The maximum atomic E-state index is 12.4. The molecule has 8 nitrogen and oxygen atoms in total. The van der Waals surface area contributed by atoms with Gasteiger partial charge in [0.1, 0.15) is 0 Å². The van der Waals surface area contributed by atoms with Crippen molar-refractivity contribution in [1.29, 1.82) is 0 Å². The van der Waals surface area contributed by atoms with Gasteiger partial charge in [0.05, 0.1) is 22.4 Å². The van der Waals surface area contributed by atoms with Crippen LogP contribution in [0, 0.1) is 0 Å². The quantitative estimate of drug-likeness (QED) is 0.722. The second-order valence-corrected chi connectivity index (χ2v) is 10.5. The van der Waals surface area contributed by atoms with Gasteiger partial charge in [-0.25, -0.2) is 8.42 Å². The summed E-state index contributed by atoms with van der Waals surface area (Å²) in [6, 6.07) is 7.65. The van der Waals surface area contributed by atoms with Gasteiger partial charge in [0.25, 0.3) is 0 Å². The Bertz CT molecular complexity index is 909. The van der Waals surface area contributed by atoms with Crippen molar-refractivity contribution in [2.45, 2.75) is 49.6 Å². The zero-order chi connectivity index (χ0) is 19.6. The number of amides is 1. The van der Waals surface area contributed by atoms with Crippen LogP contribution in [0.2, 0.25) is 0 Å². The van der Waals surface area contributed by atoms with Crippen LogP contribution in [0.15, 0.2) is 29.4 Å². The first-order chi connectivity index (χ1) is 12.7. The number of hydrogen-bond donors (Lipinski definition) is 1. The molecule has 0 spiro atoms. The van der Waals surface area contributed by atoms with Gasteiger partial charge in [0.2, 0.25) is 11.1 Å². The third-order valence-corrected chi connectivity index (χ3v) is 7.28. The Hall–Kier alpha value is -1.94. The highest BCUT2D eigenvalue weighted by molar-refractivity contribution is 8.00. The Morgan fingerprint density at radius 1 is 1.26 bits per heavy atom. The molecule has 1 N–H and O–H groups in total. The Kier molecular flexibility index (Phi) is 5.85. The van der Waals surface area contributed by atoms with Gasteiger partial charge >= 0.3 is 0 Å². The fraction of sp³-hybridized carbons (Fsp3) is 0.529. The Morgan fingerprint density at radius 2 is 1.96 bits per heavy atom. The topological polar surface area (TPSA) is 107 Å². The number of sulfone groups is 1. The molecule has 0 radical (unpaired) electrons. The van der Waals surface area contributed by atoms with Crippen LogP contribution >= 0.6 is 11.8 Å². The first kappa shape index (κ1) is 19.8. The van der Waals surface area contributed by atoms with Crippen molar-refractivity contribution in [2.75, 3.05) is 11.5 Å². The molecule has 10 heteroatoms. The van der Waals surface area contributed by atoms with Crippen molar-refractivity contribution in [3.8, 4) is 5.69 Å². The average molecular weight is 410 g/mol. The van der Waals surface area contributed by atoms with Crippen LogP contribution < -0.4 is 5.32 Å². The lowest BCUT2D eigenvalue weighted by atomic mass is 10.0. The number of hydrogen-bond acceptors (Lipinski definition) is 7. The second-order valence-electron chi connectivity index (χ2n) is 6.99. The van der Waals surface area contributed by atoms with Crippen LogP contribution in [-0.2, 0) is 14.6 Å². The van der Waals surface area contributed by atoms with E-state index in [0.29, 0.717) is 17.5 Å². The van der Waals surface area contributed by atoms with E-state index in [1.807, 2.05) is 24.3 Å². The van der Waals surface area contributed by atoms with Crippen molar-refractivity contribution in [3.05, 3.63) is 29.8 Å². The van der Waals surface area contributed by atoms with Gasteiger partial charge in [-0.1, -0.05) is 37.7 Å². The molecule has 1 aromatic carbocycles. The number of aromatic nitrogens is 4. The van der Waals surface area contributed by atoms with Crippen LogP contribution in [0.5, 0.6) is 0 Å². The summed E-state index contributed by atoms with van der Waals surface area (Å²) >= 11 is 1.24. The molecule has 1 aliphatic heterocycles. The monoisotopic (exact) mass is 409 g/mol. The predicted molar refractivity (Wildman–Crippen MR) is 104 cm³/mol. The lowest BCUT2D eigenvalue weighted by Gasteiger charge is -2.15. The molecular formula is C17H23N5O3S2. The normalized spacial score (nSPS) is 19.9. The van der Waals surface area contributed by atoms with Crippen molar-refractivity contribution in [1.82, 2.24) is 25.5 Å². The number of rotatable bonds is 6. The third kappa shape index (κ3) is 4.86. The molecule has 1 fully saturated rings. The van der Waals surface area contributed by atoms with Gasteiger partial charge in [0.15, 0.2) is 9.84 Å². The number of thioether (sulfide) groups is 1. The Balaban J connectivity index is 1.66. The highest BCUT2D eigenvalue weighted by Crippen LogP contribution is 2.24. The average Bonchev–Trinajstić information content (AvgIpc) is 3.20. The molecule has 0 saturated carbocycles. The number of nitrogens with zero attached hydrogens (tertiary/aromatic N) is 4. The van der Waals surface area contributed by atoms with E-state index in [4.69, 9.17) is 0 Å². The zero-order valence-electron chi connectivity index (χ0n) is 15.5. The van der Waals surface area contributed by atoms with E-state index in [2.05, 4.69) is 34.7 Å². The summed E-state index contributed by atoms with van der Waals surface area (Å²) in [6.45, 7) is 6.01. The number of nitrogens with one attached hydrogen (secondary N) is 1. The molecule has 1 aromatic heterocycles. The van der Waals surface area contributed by atoms with Crippen LogP contribution in [0.3, 0.4) is 0 Å². The molecule has 1 amide bonds. The van der Waals surface area contributed by atoms with Gasteiger partial charge in [-0.15, -0.1) is 5.10 Å². The van der Waals surface area contributed by atoms with Gasteiger partial charge in [0, 0.05) is 6.04 Å². The van der Waals surface area contributed by atoms with Crippen molar-refractivity contribution < 1.29 is 13.2 Å². The molecule has 1 saturated heterocycles. The Morgan fingerprint density at radius 3 is 2.56 bits per heavy atom. The standard InChI is InChI=1S/C17H23N5O3S2/c1-11(2)13-4-6-15(7-5-13)22-17(19-20-21-22)26-12(3)16(23)18-14-8-9-27(24,25)10-14/h4-7,11-12,14H,8-10H2,1-3H3,(H,18,23)/t12-,14+/m0/s1. The number of benzene rings is 1. The second kappa shape index (κ2) is 7.97. The Labute approximate surface area is 163 Å². The molecular weight excluding hydrogens is 386 g/mol. The molecule has 0 aliphatic carbocycles. The molecule has 2 atom stereocenters. The summed E-state index contributed by atoms with van der Waals surface area (Å²) in [5, 5.41) is 14.6. The maximum absolute atomic E-state index is 12.4. The van der Waals surface area contributed by atoms with E-state index in [1.54, 1.807) is 11.6 Å². The first-order valence-corrected chi connectivity index (χ1v) is 11.5. The SMILES string of the molecule is CC(C)c1ccc(-n2nnnc2S[C@@H](C)C(=O)N[C@@H]2CCS(=O)(=O)C2)cc1. The molecule has 1 aliphatic rings. The molecule has 27 heavy (non-hydrogen) atoms. The van der Waals surface area contributed by atoms with Crippen molar-refractivity contribution >= 4 is 27.5 Å². The van der Waals surface area contributed by atoms with E-state index in [0.717, 1.165) is 5.69 Å². The largest absolute Gasteiger partial charge is 0.351 e. The highest BCUT2D eigenvalue weighted by Gasteiger charge is 2.30. The third-order valence-electron chi connectivity index (χ3n) is 4.48. The molecule has 146 valence electrons. The van der Waals surface area contributed by atoms with Crippen molar-refractivity contribution in [2.24, 2.45) is 0 Å². The van der Waals surface area contributed by atoms with E-state index >= 15 is 0 Å². The van der Waals surface area contributed by atoms with Gasteiger partial charge in [-0.05, 0) is 47.4 Å². The van der Waals surface area contributed by atoms with Crippen LogP contribution in [0.1, 0.15) is 38.7 Å². The molecule has 3 rings (SSSR count). The van der Waals surface area contributed by atoms with Gasteiger partial charge < -0.3 is 5.32 Å². The minimum Gasteiger partial charge on any atom is -0.351 e. The molecule has 2 aromatic rings. The van der Waals surface area contributed by atoms with E-state index < -0.39 is 15.1 Å². The maximum Gasteiger partial charge on any atom is 0.233 e. The highest BCUT2D eigenvalue weighted by atomic mass is 32.2. The smallest absolute Gasteiger partial charge is 0.233 e. The van der Waals surface area contributed by atoms with Gasteiger partial charge in [-0.3, -0.25) is 4.79 Å². The predicted octanol–water partition coefficient (Wildman–Crippen LogP) is 1.57. The lowest BCUT2D eigenvalue weighted by Crippen LogP contribution is -2.40. The van der Waals surface area contributed by atoms with E-state index in [9.17, 15) is 13.2 Å². The fourth-order valence-electron chi connectivity index (χ4n) is 2.85. The lowest BCUT2D eigenvalue weighted by molar-refractivity contribution is -0.120. The summed E-state index contributed by atoms with van der Waals surface area (Å²) in [7, 11) is -3.03. The number of carbonyl (C=O) groups excluding carboxylic acids is 1. The summed E-state index contributed by atoms with van der Waals surface area (Å²) in [5.74, 6) is 0.358.